The molecule has 1 amide bonds. The number of aromatic amines is 1. The van der Waals surface area contributed by atoms with Gasteiger partial charge in [0.05, 0.1) is 18.0 Å². The van der Waals surface area contributed by atoms with Crippen molar-refractivity contribution in [3.05, 3.63) is 69.6 Å². The molecule has 30 heavy (non-hydrogen) atoms. The number of anilines is 2. The highest BCUT2D eigenvalue weighted by Gasteiger charge is 2.36. The van der Waals surface area contributed by atoms with Crippen LogP contribution in [0.1, 0.15) is 29.5 Å². The van der Waals surface area contributed by atoms with Crippen LogP contribution in [0.2, 0.25) is 0 Å². The molecular weight excluding hydrogens is 378 g/mol. The van der Waals surface area contributed by atoms with Crippen molar-refractivity contribution in [2.45, 2.75) is 33.1 Å². The molecule has 2 aromatic heterocycles. The Kier molecular flexibility index (Phi) is 4.42. The van der Waals surface area contributed by atoms with E-state index >= 15 is 0 Å². The maximum absolute atomic E-state index is 13.2. The maximum Gasteiger partial charge on any atom is 0.250 e. The van der Waals surface area contributed by atoms with Crippen molar-refractivity contribution in [2.75, 3.05) is 11.5 Å². The average molecular weight is 401 g/mol. The molecule has 152 valence electrons. The van der Waals surface area contributed by atoms with Gasteiger partial charge in [0.2, 0.25) is 5.91 Å². The van der Waals surface area contributed by atoms with Gasteiger partial charge in [0, 0.05) is 29.7 Å². The number of aryl methyl sites for hydroxylation is 2. The second kappa shape index (κ2) is 7.13. The first-order valence-electron chi connectivity index (χ1n) is 10.3. The molecule has 6 heteroatoms. The lowest BCUT2D eigenvalue weighted by Gasteiger charge is -2.23. The summed E-state index contributed by atoms with van der Waals surface area (Å²) in [5.41, 5.74) is 5.01. The van der Waals surface area contributed by atoms with Crippen molar-refractivity contribution in [3.63, 3.8) is 0 Å². The van der Waals surface area contributed by atoms with E-state index in [1.165, 1.54) is 0 Å². The van der Waals surface area contributed by atoms with Gasteiger partial charge >= 0.3 is 0 Å². The third kappa shape index (κ3) is 3.28. The van der Waals surface area contributed by atoms with Gasteiger partial charge in [-0.3, -0.25) is 14.5 Å². The molecule has 1 aliphatic heterocycles. The van der Waals surface area contributed by atoms with E-state index in [0.29, 0.717) is 18.0 Å². The van der Waals surface area contributed by atoms with E-state index in [1.807, 2.05) is 43.3 Å². The van der Waals surface area contributed by atoms with Crippen LogP contribution in [-0.4, -0.2) is 22.5 Å². The SMILES string of the molecule is Cc1ccc(N(C(=O)C2CC2)c2ccc3c(c2)CCO3)nc1-c1c[nH]c(=O)c(C)c1. The van der Waals surface area contributed by atoms with Crippen LogP contribution in [0.25, 0.3) is 11.3 Å². The lowest BCUT2D eigenvalue weighted by atomic mass is 10.1. The van der Waals surface area contributed by atoms with Gasteiger partial charge in [0.1, 0.15) is 11.6 Å². The first-order valence-corrected chi connectivity index (χ1v) is 10.3. The van der Waals surface area contributed by atoms with Gasteiger partial charge in [-0.2, -0.15) is 0 Å². The number of nitrogens with one attached hydrogen (secondary N) is 1. The topological polar surface area (TPSA) is 75.3 Å². The Morgan fingerprint density at radius 1 is 1.13 bits per heavy atom. The number of carbonyl (C=O) groups is 1. The molecule has 1 fully saturated rings. The van der Waals surface area contributed by atoms with Crippen LogP contribution in [0.5, 0.6) is 5.75 Å². The third-order valence-corrected chi connectivity index (χ3v) is 5.75. The van der Waals surface area contributed by atoms with E-state index in [1.54, 1.807) is 18.0 Å². The highest BCUT2D eigenvalue weighted by atomic mass is 16.5. The summed E-state index contributed by atoms with van der Waals surface area (Å²) < 4.78 is 5.62. The van der Waals surface area contributed by atoms with Crippen LogP contribution in [0.15, 0.2) is 47.4 Å². The average Bonchev–Trinajstić information content (AvgIpc) is 3.49. The van der Waals surface area contributed by atoms with Crippen LogP contribution in [0.3, 0.4) is 0 Å². The molecule has 1 N–H and O–H groups in total. The third-order valence-electron chi connectivity index (χ3n) is 5.75. The largest absolute Gasteiger partial charge is 0.493 e. The Morgan fingerprint density at radius 3 is 2.73 bits per heavy atom. The fraction of sp³-hybridized carbons (Fsp3) is 0.292. The second-order valence-electron chi connectivity index (χ2n) is 8.07. The van der Waals surface area contributed by atoms with Crippen LogP contribution < -0.4 is 15.2 Å². The van der Waals surface area contributed by atoms with E-state index < -0.39 is 0 Å². The second-order valence-corrected chi connectivity index (χ2v) is 8.07. The van der Waals surface area contributed by atoms with E-state index in [4.69, 9.17) is 9.72 Å². The van der Waals surface area contributed by atoms with Crippen LogP contribution in [0, 0.1) is 19.8 Å². The molecule has 3 aromatic rings. The normalized spacial score (nSPS) is 14.9. The standard InChI is InChI=1S/C24H23N3O3/c1-14-3-8-21(26-22(14)18-11-15(2)23(28)25-13-18)27(24(29)16-4-5-16)19-6-7-20-17(12-19)9-10-30-20/h3,6-8,11-13,16H,4-5,9-10H2,1-2H3,(H,25,28). The van der Waals surface area contributed by atoms with E-state index in [2.05, 4.69) is 4.98 Å². The highest BCUT2D eigenvalue weighted by molar-refractivity contribution is 6.02. The fourth-order valence-corrected chi connectivity index (χ4v) is 3.87. The van der Waals surface area contributed by atoms with Gasteiger partial charge in [-0.15, -0.1) is 0 Å². The molecule has 3 heterocycles. The lowest BCUT2D eigenvalue weighted by Crippen LogP contribution is -2.28. The highest BCUT2D eigenvalue weighted by Crippen LogP contribution is 2.39. The van der Waals surface area contributed by atoms with Crippen molar-refractivity contribution in [2.24, 2.45) is 5.92 Å². The number of aromatic nitrogens is 2. The molecule has 5 rings (SSSR count). The molecule has 0 unspecified atom stereocenters. The number of amides is 1. The van der Waals surface area contributed by atoms with Gasteiger partial charge in [-0.05, 0) is 68.1 Å². The van der Waals surface area contributed by atoms with Crippen molar-refractivity contribution < 1.29 is 9.53 Å². The van der Waals surface area contributed by atoms with E-state index in [-0.39, 0.29) is 17.4 Å². The van der Waals surface area contributed by atoms with Gasteiger partial charge in [-0.25, -0.2) is 4.98 Å². The number of hydrogen-bond donors (Lipinski definition) is 1. The van der Waals surface area contributed by atoms with E-state index in [9.17, 15) is 9.59 Å². The summed E-state index contributed by atoms with van der Waals surface area (Å²) in [4.78, 5) is 34.4. The minimum absolute atomic E-state index is 0.0522. The first kappa shape index (κ1) is 18.6. The summed E-state index contributed by atoms with van der Waals surface area (Å²) in [6.07, 6.45) is 4.36. The fourth-order valence-electron chi connectivity index (χ4n) is 3.87. The minimum atomic E-state index is -0.113. The van der Waals surface area contributed by atoms with Crippen LogP contribution >= 0.6 is 0 Å². The maximum atomic E-state index is 13.2. The summed E-state index contributed by atoms with van der Waals surface area (Å²) in [7, 11) is 0. The molecule has 1 aliphatic carbocycles. The summed E-state index contributed by atoms with van der Waals surface area (Å²) in [6, 6.07) is 11.6. The first-order chi connectivity index (χ1) is 14.5. The Morgan fingerprint density at radius 2 is 1.97 bits per heavy atom. The molecular formula is C24H23N3O3. The molecule has 2 aliphatic rings. The molecule has 0 spiro atoms. The lowest BCUT2D eigenvalue weighted by molar-refractivity contribution is -0.119. The molecule has 0 radical (unpaired) electrons. The van der Waals surface area contributed by atoms with Gasteiger partial charge < -0.3 is 9.72 Å². The predicted octanol–water partition coefficient (Wildman–Crippen LogP) is 4.06. The van der Waals surface area contributed by atoms with Crippen molar-refractivity contribution in [1.82, 2.24) is 9.97 Å². The molecule has 0 bridgehead atoms. The number of benzene rings is 1. The van der Waals surface area contributed by atoms with Gasteiger partial charge in [-0.1, -0.05) is 6.07 Å². The zero-order valence-corrected chi connectivity index (χ0v) is 17.1. The molecule has 6 nitrogen and oxygen atoms in total. The summed E-state index contributed by atoms with van der Waals surface area (Å²) >= 11 is 0. The van der Waals surface area contributed by atoms with Crippen molar-refractivity contribution in [3.8, 4) is 17.0 Å². The quantitative estimate of drug-likeness (QED) is 0.715. The number of hydrogen-bond acceptors (Lipinski definition) is 4. The molecule has 1 saturated carbocycles. The summed E-state index contributed by atoms with van der Waals surface area (Å²) in [5.74, 6) is 1.61. The molecule has 1 aromatic carbocycles. The number of ether oxygens (including phenoxy) is 1. The molecule has 0 saturated heterocycles. The Labute approximate surface area is 174 Å². The smallest absolute Gasteiger partial charge is 0.250 e. The Balaban J connectivity index is 1.62. The Hall–Kier alpha value is -3.41. The van der Waals surface area contributed by atoms with Gasteiger partial charge in [0.15, 0.2) is 0 Å². The number of pyridine rings is 2. The zero-order valence-electron chi connectivity index (χ0n) is 17.1. The van der Waals surface area contributed by atoms with Gasteiger partial charge in [0.25, 0.3) is 5.56 Å². The number of fused-ring (bicyclic) bond motifs is 1. The number of rotatable bonds is 4. The van der Waals surface area contributed by atoms with Crippen molar-refractivity contribution in [1.29, 1.82) is 0 Å². The summed E-state index contributed by atoms with van der Waals surface area (Å²) in [6.45, 7) is 4.43. The molecule has 0 atom stereocenters. The zero-order chi connectivity index (χ0) is 20.8. The van der Waals surface area contributed by atoms with E-state index in [0.717, 1.165) is 53.1 Å². The monoisotopic (exact) mass is 401 g/mol. The number of nitrogens with zero attached hydrogens (tertiary/aromatic N) is 2. The Bertz CT molecular complexity index is 1210. The van der Waals surface area contributed by atoms with Crippen LogP contribution in [0.4, 0.5) is 11.5 Å². The predicted molar refractivity (Wildman–Crippen MR) is 115 cm³/mol. The number of carbonyl (C=O) groups excluding carboxylic acids is 1. The minimum Gasteiger partial charge on any atom is -0.493 e. The van der Waals surface area contributed by atoms with Crippen molar-refractivity contribution >= 4 is 17.4 Å². The summed E-state index contributed by atoms with van der Waals surface area (Å²) in [5, 5.41) is 0. The van der Waals surface area contributed by atoms with Crippen LogP contribution in [-0.2, 0) is 11.2 Å². The number of H-pyrrole nitrogens is 1.